The lowest BCUT2D eigenvalue weighted by molar-refractivity contribution is 0.0697. The molecule has 0 bridgehead atoms. The molecule has 0 atom stereocenters. The Bertz CT molecular complexity index is 1920. The van der Waals surface area contributed by atoms with E-state index in [4.69, 9.17) is 27.7 Å². The highest BCUT2D eigenvalue weighted by Gasteiger charge is 2.21. The van der Waals surface area contributed by atoms with Crippen molar-refractivity contribution in [2.75, 3.05) is 20.3 Å². The van der Waals surface area contributed by atoms with E-state index in [2.05, 4.69) is 10.1 Å². The molecule has 0 fully saturated rings. The third-order valence-corrected chi connectivity index (χ3v) is 8.75. The molecule has 2 aromatic heterocycles. The van der Waals surface area contributed by atoms with Gasteiger partial charge >= 0.3 is 13.6 Å². The van der Waals surface area contributed by atoms with Gasteiger partial charge in [-0.1, -0.05) is 30.3 Å². The van der Waals surface area contributed by atoms with E-state index >= 15 is 0 Å². The van der Waals surface area contributed by atoms with E-state index in [9.17, 15) is 14.5 Å². The third-order valence-electron chi connectivity index (χ3n) is 7.00. The first-order valence-corrected chi connectivity index (χ1v) is 16.8. The molecule has 5 aromatic rings. The number of aryl methyl sites for hydroxylation is 1. The molecular weight excluding hydrogens is 637 g/mol. The fourth-order valence-electron chi connectivity index (χ4n) is 4.66. The van der Waals surface area contributed by atoms with Gasteiger partial charge in [0.2, 0.25) is 11.8 Å². The van der Waals surface area contributed by atoms with Crippen molar-refractivity contribution in [1.29, 1.82) is 0 Å². The number of ether oxygens (including phenoxy) is 3. The van der Waals surface area contributed by atoms with E-state index in [1.54, 1.807) is 69.1 Å². The lowest BCUT2D eigenvalue weighted by Crippen LogP contribution is -2.02. The molecule has 0 saturated carbocycles. The van der Waals surface area contributed by atoms with Gasteiger partial charge in [-0.2, -0.15) is 0 Å². The molecule has 5 rings (SSSR count). The number of nitrogens with zero attached hydrogens (tertiary/aromatic N) is 3. The minimum atomic E-state index is -3.45. The highest BCUT2D eigenvalue weighted by Crippen LogP contribution is 2.50. The Labute approximate surface area is 278 Å². The lowest BCUT2D eigenvalue weighted by atomic mass is 10.1. The van der Waals surface area contributed by atoms with Crippen molar-refractivity contribution in [3.05, 3.63) is 113 Å². The molecule has 0 aliphatic heterocycles. The van der Waals surface area contributed by atoms with Gasteiger partial charge in [0.05, 0.1) is 37.1 Å². The van der Waals surface area contributed by atoms with Crippen molar-refractivity contribution in [2.45, 2.75) is 34.0 Å². The first-order chi connectivity index (χ1) is 23.2. The maximum Gasteiger partial charge on any atom is 0.354 e. The Morgan fingerprint density at radius 1 is 0.958 bits per heavy atom. The van der Waals surface area contributed by atoms with Gasteiger partial charge in [-0.15, -0.1) is 5.10 Å². The molecule has 0 aliphatic rings. The molecule has 0 amide bonds. The van der Waals surface area contributed by atoms with E-state index in [1.807, 2.05) is 36.4 Å². The van der Waals surface area contributed by atoms with Gasteiger partial charge in [0, 0.05) is 17.6 Å². The second-order valence-corrected chi connectivity index (χ2v) is 12.2. The van der Waals surface area contributed by atoms with Gasteiger partial charge in [0.25, 0.3) is 0 Å². The molecule has 0 spiro atoms. The van der Waals surface area contributed by atoms with Crippen LogP contribution in [-0.2, 0) is 26.8 Å². The van der Waals surface area contributed by atoms with Gasteiger partial charge < -0.3 is 32.8 Å². The van der Waals surface area contributed by atoms with Crippen molar-refractivity contribution in [3.63, 3.8) is 0 Å². The van der Waals surface area contributed by atoms with Crippen LogP contribution >= 0.6 is 7.60 Å². The van der Waals surface area contributed by atoms with Gasteiger partial charge in [-0.25, -0.2) is 14.5 Å². The predicted molar refractivity (Wildman–Crippen MR) is 179 cm³/mol. The highest BCUT2D eigenvalue weighted by atomic mass is 31.2. The van der Waals surface area contributed by atoms with Crippen LogP contribution in [0.5, 0.6) is 17.4 Å². The number of hydrogen-bond acceptors (Lipinski definition) is 10. The van der Waals surface area contributed by atoms with Crippen LogP contribution in [0.3, 0.4) is 0 Å². The smallest absolute Gasteiger partial charge is 0.354 e. The Kier molecular flexibility index (Phi) is 11.1. The summed E-state index contributed by atoms with van der Waals surface area (Å²) < 4.78 is 49.1. The number of para-hydroxylation sites is 1. The molecule has 0 unspecified atom stereocenters. The fourth-order valence-corrected chi connectivity index (χ4v) is 5.96. The SMILES string of the molecule is CCOP(=O)(/C=C\c1cn(-c2ccccc2)nc1OCc1ccc(OCc2nc(-c3cccc(C(=O)O)c3)oc2C)c(OC)c1)OCC. The van der Waals surface area contributed by atoms with Crippen LogP contribution in [-0.4, -0.2) is 46.2 Å². The summed E-state index contributed by atoms with van der Waals surface area (Å²) >= 11 is 0. The van der Waals surface area contributed by atoms with Crippen LogP contribution in [0.25, 0.3) is 23.2 Å². The van der Waals surface area contributed by atoms with E-state index in [0.717, 1.165) is 11.3 Å². The zero-order valence-corrected chi connectivity index (χ0v) is 27.9. The Balaban J connectivity index is 1.31. The van der Waals surface area contributed by atoms with Crippen LogP contribution in [0.15, 0.2) is 89.2 Å². The summed E-state index contributed by atoms with van der Waals surface area (Å²) in [4.78, 5) is 15.9. The van der Waals surface area contributed by atoms with Crippen LogP contribution in [0.1, 0.15) is 46.8 Å². The number of aromatic nitrogens is 3. The van der Waals surface area contributed by atoms with Crippen LogP contribution in [0.4, 0.5) is 0 Å². The zero-order valence-electron chi connectivity index (χ0n) is 27.0. The van der Waals surface area contributed by atoms with Crippen LogP contribution in [0, 0.1) is 6.92 Å². The minimum Gasteiger partial charge on any atom is -0.493 e. The topological polar surface area (TPSA) is 144 Å². The summed E-state index contributed by atoms with van der Waals surface area (Å²) in [6.45, 7) is 5.99. The zero-order chi connectivity index (χ0) is 34.1. The van der Waals surface area contributed by atoms with E-state index in [1.165, 1.54) is 17.9 Å². The summed E-state index contributed by atoms with van der Waals surface area (Å²) in [6.07, 6.45) is 3.41. The predicted octanol–water partition coefficient (Wildman–Crippen LogP) is 7.94. The number of rotatable bonds is 16. The summed E-state index contributed by atoms with van der Waals surface area (Å²) in [5.74, 6) is 2.52. The van der Waals surface area contributed by atoms with Crippen molar-refractivity contribution < 1.29 is 42.1 Å². The normalized spacial score (nSPS) is 11.6. The molecule has 2 heterocycles. The molecule has 48 heavy (non-hydrogen) atoms. The van der Waals surface area contributed by atoms with Crippen molar-refractivity contribution >= 4 is 19.6 Å². The average Bonchev–Trinajstić information content (AvgIpc) is 3.69. The molecule has 0 aliphatic carbocycles. The van der Waals surface area contributed by atoms with Crippen LogP contribution < -0.4 is 14.2 Å². The summed E-state index contributed by atoms with van der Waals surface area (Å²) in [7, 11) is -1.91. The fraction of sp³-hybridized carbons (Fsp3) is 0.229. The number of oxazole rings is 1. The molecular formula is C35H36N3O9P. The van der Waals surface area contributed by atoms with E-state index < -0.39 is 13.6 Å². The van der Waals surface area contributed by atoms with Crippen molar-refractivity contribution in [3.8, 4) is 34.5 Å². The van der Waals surface area contributed by atoms with Crippen molar-refractivity contribution in [1.82, 2.24) is 14.8 Å². The van der Waals surface area contributed by atoms with Gasteiger partial charge in [-0.3, -0.25) is 4.57 Å². The Morgan fingerprint density at radius 2 is 1.73 bits per heavy atom. The lowest BCUT2D eigenvalue weighted by Gasteiger charge is -2.13. The number of methoxy groups -OCH3 is 1. The largest absolute Gasteiger partial charge is 0.493 e. The summed E-state index contributed by atoms with van der Waals surface area (Å²) in [5.41, 5.74) is 3.45. The maximum atomic E-state index is 13.1. The summed E-state index contributed by atoms with van der Waals surface area (Å²) in [5, 5.41) is 13.9. The summed E-state index contributed by atoms with van der Waals surface area (Å²) in [6, 6.07) is 21.4. The standard InChI is InChI=1S/C35H36N3O9P/c1-5-45-48(41,46-6-2)18-17-28-21-38(29-13-8-7-9-14-29)37-34(28)44-22-25-15-16-31(32(19-25)42-4)43-23-30-24(3)47-33(36-30)26-11-10-12-27(20-26)35(39)40/h7-21H,5-6,22-23H2,1-4H3,(H,39,40)/b18-17-. The average molecular weight is 674 g/mol. The minimum absolute atomic E-state index is 0.0973. The number of carbonyl (C=O) groups is 1. The molecule has 3 aromatic carbocycles. The first-order valence-electron chi connectivity index (χ1n) is 15.2. The molecule has 12 nitrogen and oxygen atoms in total. The number of hydrogen-bond donors (Lipinski definition) is 1. The van der Waals surface area contributed by atoms with E-state index in [0.29, 0.717) is 45.9 Å². The van der Waals surface area contributed by atoms with Gasteiger partial charge in [-0.05, 0) is 74.9 Å². The quantitative estimate of drug-likeness (QED) is 0.102. The number of carboxylic acid groups (broad SMARTS) is 1. The molecule has 0 radical (unpaired) electrons. The molecule has 1 N–H and O–H groups in total. The number of aromatic carboxylic acids is 1. The van der Waals surface area contributed by atoms with E-state index in [-0.39, 0.29) is 32.0 Å². The van der Waals surface area contributed by atoms with Gasteiger partial charge in [0.1, 0.15) is 24.7 Å². The second kappa shape index (κ2) is 15.6. The maximum absolute atomic E-state index is 13.1. The monoisotopic (exact) mass is 673 g/mol. The second-order valence-electron chi connectivity index (χ2n) is 10.3. The molecule has 0 saturated heterocycles. The highest BCUT2D eigenvalue weighted by molar-refractivity contribution is 7.57. The van der Waals surface area contributed by atoms with Crippen molar-refractivity contribution in [2.24, 2.45) is 0 Å². The Morgan fingerprint density at radius 3 is 2.44 bits per heavy atom. The Hall–Kier alpha value is -5.16. The molecule has 250 valence electrons. The number of carboxylic acids is 1. The molecule has 13 heteroatoms. The number of benzene rings is 3. The third kappa shape index (κ3) is 8.40. The van der Waals surface area contributed by atoms with Gasteiger partial charge in [0.15, 0.2) is 11.5 Å². The van der Waals surface area contributed by atoms with Crippen LogP contribution in [0.2, 0.25) is 0 Å². The first kappa shape index (κ1) is 34.2.